The zero-order chi connectivity index (χ0) is 43.9. The van der Waals surface area contributed by atoms with Gasteiger partial charge in [-0.1, -0.05) is 72.3 Å². The first kappa shape index (κ1) is 47.2. The van der Waals surface area contributed by atoms with E-state index in [0.717, 1.165) is 82.1 Å². The third-order valence-corrected chi connectivity index (χ3v) is 19.5. The first-order valence-electron chi connectivity index (χ1n) is 26.2. The average molecular weight is 866 g/mol. The molecule has 10 nitrogen and oxygen atoms in total. The van der Waals surface area contributed by atoms with Crippen LogP contribution in [0.4, 0.5) is 0 Å². The Morgan fingerprint density at radius 3 is 2.29 bits per heavy atom. The summed E-state index contributed by atoms with van der Waals surface area (Å²) in [5.41, 5.74) is 1.31. The van der Waals surface area contributed by atoms with Crippen molar-refractivity contribution in [1.82, 2.24) is 25.1 Å². The van der Waals surface area contributed by atoms with E-state index in [1.807, 2.05) is 14.0 Å². The summed E-state index contributed by atoms with van der Waals surface area (Å²) >= 11 is 0. The number of aliphatic hydroxyl groups excluding tert-OH is 2. The van der Waals surface area contributed by atoms with Gasteiger partial charge in [-0.3, -0.25) is 14.5 Å². The van der Waals surface area contributed by atoms with Gasteiger partial charge in [0, 0.05) is 81.4 Å². The highest BCUT2D eigenvalue weighted by Gasteiger charge is 2.57. The topological polar surface area (TPSA) is 101 Å². The second kappa shape index (κ2) is 20.3. The van der Waals surface area contributed by atoms with Crippen molar-refractivity contribution >= 4 is 5.91 Å². The van der Waals surface area contributed by atoms with E-state index in [2.05, 4.69) is 66.5 Å². The Hall–Kier alpha value is -1.27. The van der Waals surface area contributed by atoms with Crippen molar-refractivity contribution in [2.75, 3.05) is 60.5 Å². The van der Waals surface area contributed by atoms with Crippen LogP contribution in [-0.4, -0.2) is 139 Å². The molecule has 354 valence electrons. The molecule has 0 spiro atoms. The Morgan fingerprint density at radius 1 is 0.919 bits per heavy atom. The van der Waals surface area contributed by atoms with Gasteiger partial charge in [-0.2, -0.15) is 5.06 Å². The molecule has 9 aliphatic rings. The highest BCUT2D eigenvalue weighted by atomic mass is 16.7. The van der Waals surface area contributed by atoms with Gasteiger partial charge in [0.05, 0.1) is 24.9 Å². The molecule has 9 fully saturated rings. The van der Waals surface area contributed by atoms with Crippen LogP contribution in [0.3, 0.4) is 0 Å². The fourth-order valence-electron chi connectivity index (χ4n) is 15.8. The molecule has 2 saturated heterocycles. The molecule has 10 heteroatoms. The van der Waals surface area contributed by atoms with Crippen molar-refractivity contribution in [3.63, 3.8) is 0 Å². The van der Waals surface area contributed by atoms with Gasteiger partial charge in [0.15, 0.2) is 0 Å². The zero-order valence-electron chi connectivity index (χ0n) is 40.4. The van der Waals surface area contributed by atoms with Crippen LogP contribution >= 0.6 is 0 Å². The molecule has 0 aromatic carbocycles. The molecule has 0 radical (unpaired) electrons. The maximum atomic E-state index is 15.2. The molecular weight excluding hydrogens is 775 g/mol. The van der Waals surface area contributed by atoms with Crippen LogP contribution in [0.25, 0.3) is 0 Å². The van der Waals surface area contributed by atoms with Crippen LogP contribution in [0, 0.1) is 64.6 Å². The van der Waals surface area contributed by atoms with Gasteiger partial charge in [0.2, 0.25) is 5.91 Å². The summed E-state index contributed by atoms with van der Waals surface area (Å²) in [4.78, 5) is 29.4. The van der Waals surface area contributed by atoms with Crippen LogP contribution in [0.5, 0.6) is 0 Å². The number of hydrogen-bond donors (Lipinski definition) is 3. The van der Waals surface area contributed by atoms with Crippen LogP contribution in [0.15, 0.2) is 12.3 Å². The molecule has 7 saturated carbocycles. The predicted molar refractivity (Wildman–Crippen MR) is 248 cm³/mol. The second-order valence-corrected chi connectivity index (χ2v) is 23.5. The first-order valence-corrected chi connectivity index (χ1v) is 26.2. The van der Waals surface area contributed by atoms with Crippen molar-refractivity contribution in [3.05, 3.63) is 12.3 Å². The highest BCUT2D eigenvalue weighted by molar-refractivity contribution is 5.79. The number of piperazine rings is 1. The van der Waals surface area contributed by atoms with Crippen LogP contribution < -0.4 is 5.32 Å². The van der Waals surface area contributed by atoms with E-state index in [1.165, 1.54) is 77.2 Å². The predicted octanol–water partition coefficient (Wildman–Crippen LogP) is 7.59. The van der Waals surface area contributed by atoms with Gasteiger partial charge >= 0.3 is 0 Å². The van der Waals surface area contributed by atoms with Gasteiger partial charge in [-0.25, -0.2) is 0 Å². The van der Waals surface area contributed by atoms with Gasteiger partial charge in [0.25, 0.3) is 0 Å². The third kappa shape index (κ3) is 9.74. The molecular formula is C52H91N5O5. The second-order valence-electron chi connectivity index (χ2n) is 23.5. The average Bonchev–Trinajstić information content (AvgIpc) is 3.65. The third-order valence-electron chi connectivity index (χ3n) is 19.5. The monoisotopic (exact) mass is 866 g/mol. The van der Waals surface area contributed by atoms with Gasteiger partial charge < -0.3 is 30.1 Å². The molecule has 3 N–H and O–H groups in total. The molecule has 2 bridgehead atoms. The van der Waals surface area contributed by atoms with Gasteiger partial charge in [0.1, 0.15) is 6.10 Å². The minimum absolute atomic E-state index is 0.0418. The lowest BCUT2D eigenvalue weighted by atomic mass is 9.44. The molecule has 2 heterocycles. The van der Waals surface area contributed by atoms with E-state index in [9.17, 15) is 10.2 Å². The minimum Gasteiger partial charge on any atom is -0.394 e. The number of nitrogens with zero attached hydrogens (tertiary/aromatic N) is 4. The molecule has 2 aliphatic heterocycles. The summed E-state index contributed by atoms with van der Waals surface area (Å²) in [6.45, 7) is 18.5. The molecule has 7 unspecified atom stereocenters. The Morgan fingerprint density at radius 2 is 1.65 bits per heavy atom. The largest absolute Gasteiger partial charge is 0.394 e. The number of hydroxylamine groups is 2. The minimum atomic E-state index is -0.661. The number of methoxy groups -OCH3 is 1. The van der Waals surface area contributed by atoms with Crippen molar-refractivity contribution in [2.24, 2.45) is 64.6 Å². The van der Waals surface area contributed by atoms with Gasteiger partial charge in [-0.05, 0) is 138 Å². The molecule has 15 atom stereocenters. The van der Waals surface area contributed by atoms with Crippen LogP contribution in [0.2, 0.25) is 0 Å². The Labute approximate surface area is 377 Å². The van der Waals surface area contributed by atoms with E-state index in [-0.39, 0.29) is 36.5 Å². The Bertz CT molecular complexity index is 1480. The molecule has 7 aliphatic carbocycles. The fourth-order valence-corrected chi connectivity index (χ4v) is 15.8. The summed E-state index contributed by atoms with van der Waals surface area (Å²) in [5, 5.41) is 27.8. The number of fused-ring (bicyclic) bond motifs is 2. The quantitative estimate of drug-likeness (QED) is 0.163. The lowest BCUT2D eigenvalue weighted by Crippen LogP contribution is -2.60. The van der Waals surface area contributed by atoms with E-state index >= 15 is 4.79 Å². The molecule has 62 heavy (non-hydrogen) atoms. The SMILES string of the molecule is C=C(N[C@H]1C[C@H]2C[C@@H]([C@@H]1C)C2(C)C)[C@@H]1[C@H]([C@H](C)O)[C@H](CO)ON1CC1CCCC(C2CC(C(=O)N3CCN(CC4CCCCC4)CC3C3CCCCC3)CC(N(C)C)C2)C1OC. The lowest BCUT2D eigenvalue weighted by Gasteiger charge is -2.62. The normalized spacial score (nSPS) is 41.8. The molecule has 0 aromatic rings. The van der Waals surface area contributed by atoms with Crippen molar-refractivity contribution in [1.29, 1.82) is 0 Å². The number of carbonyl (C=O) groups excluding carboxylic acids is 1. The number of hydrogen-bond acceptors (Lipinski definition) is 9. The maximum Gasteiger partial charge on any atom is 0.226 e. The number of aliphatic hydroxyl groups is 2. The Balaban J connectivity index is 0.969. The lowest BCUT2D eigenvalue weighted by molar-refractivity contribution is -0.187. The zero-order valence-corrected chi connectivity index (χ0v) is 40.4. The summed E-state index contributed by atoms with van der Waals surface area (Å²) in [6, 6.07) is 0.829. The van der Waals surface area contributed by atoms with Crippen molar-refractivity contribution in [2.45, 2.75) is 186 Å². The highest BCUT2D eigenvalue weighted by Crippen LogP contribution is 2.61. The number of rotatable bonds is 14. The van der Waals surface area contributed by atoms with Crippen molar-refractivity contribution < 1.29 is 24.6 Å². The van der Waals surface area contributed by atoms with E-state index < -0.39 is 12.2 Å². The number of carbonyl (C=O) groups is 1. The maximum absolute atomic E-state index is 15.2. The van der Waals surface area contributed by atoms with Crippen molar-refractivity contribution in [3.8, 4) is 0 Å². The first-order chi connectivity index (χ1) is 29.8. The number of ether oxygens (including phenoxy) is 1. The summed E-state index contributed by atoms with van der Waals surface area (Å²) < 4.78 is 6.62. The number of amides is 1. The van der Waals surface area contributed by atoms with Crippen LogP contribution in [-0.2, 0) is 14.4 Å². The van der Waals surface area contributed by atoms with E-state index in [0.29, 0.717) is 65.6 Å². The summed E-state index contributed by atoms with van der Waals surface area (Å²) in [7, 11) is 6.35. The molecule has 0 aromatic heterocycles. The van der Waals surface area contributed by atoms with Gasteiger partial charge in [-0.15, -0.1) is 0 Å². The summed E-state index contributed by atoms with van der Waals surface area (Å²) in [5.74, 6) is 4.65. The smallest absolute Gasteiger partial charge is 0.226 e. The molecule has 1 amide bonds. The van der Waals surface area contributed by atoms with E-state index in [4.69, 9.17) is 9.57 Å². The van der Waals surface area contributed by atoms with Crippen LogP contribution in [0.1, 0.15) is 143 Å². The number of nitrogens with one attached hydrogen (secondary N) is 1. The molecule has 9 rings (SSSR count). The fraction of sp³-hybridized carbons (Fsp3) is 0.942. The van der Waals surface area contributed by atoms with E-state index in [1.54, 1.807) is 0 Å². The standard InChI is InChI=1S/C52H91N5O5/c1-33-44-27-41(52(44,4)5)28-45(33)53-34(2)49-48(35(3)59)47(32-58)62-57(49)30-38-20-15-21-43(50(38)61-8)39-24-40(26-42(25-39)54(6)7)51(60)56-23-22-55(29-36-16-11-9-12-17-36)31-46(56)37-18-13-10-14-19-37/h33,35-50,53,58-59H,2,9-32H2,1,3-8H3/t33-,35-,38?,39?,40?,41+,42?,43?,44-,45-,46?,47-,48+,49+,50?/m0/s1. The Kier molecular flexibility index (Phi) is 15.5. The summed E-state index contributed by atoms with van der Waals surface area (Å²) in [6.07, 6.45) is 21.2.